The molecule has 0 unspecified atom stereocenters. The van der Waals surface area contributed by atoms with Crippen molar-refractivity contribution in [2.24, 2.45) is 0 Å². The zero-order valence-electron chi connectivity index (χ0n) is 5.24. The predicted octanol–water partition coefficient (Wildman–Crippen LogP) is 0.628. The summed E-state index contributed by atoms with van der Waals surface area (Å²) < 4.78 is 1.68. The fourth-order valence-electron chi connectivity index (χ4n) is 0.949. The number of nitrogens with one attached hydrogen (secondary N) is 1. The number of hydrogen-bond donors (Lipinski definition) is 1. The second-order valence-corrected chi connectivity index (χ2v) is 2.11. The van der Waals surface area contributed by atoms with Gasteiger partial charge in [0.15, 0.2) is 0 Å². The molecule has 2 aromatic heterocycles. The van der Waals surface area contributed by atoms with Crippen LogP contribution in [0.3, 0.4) is 0 Å². The molecule has 0 atom stereocenters. The number of fused-ring (bicyclic) bond motifs is 1. The van der Waals surface area contributed by atoms with Crippen molar-refractivity contribution in [3.05, 3.63) is 40.8 Å². The highest BCUT2D eigenvalue weighted by atomic mass is 16.1. The van der Waals surface area contributed by atoms with Gasteiger partial charge >= 0.3 is 0 Å². The van der Waals surface area contributed by atoms with E-state index in [1.54, 1.807) is 16.8 Å². The van der Waals surface area contributed by atoms with Crippen molar-refractivity contribution in [1.82, 2.24) is 9.61 Å². The molecule has 0 saturated heterocycles. The molecule has 3 nitrogen and oxygen atoms in total. The number of hydrogen-bond acceptors (Lipinski definition) is 1. The van der Waals surface area contributed by atoms with Gasteiger partial charge in [0, 0.05) is 12.3 Å². The Bertz CT molecular complexity index is 399. The largest absolute Gasteiger partial charge is 0.268 e. The van der Waals surface area contributed by atoms with E-state index >= 15 is 0 Å². The molecule has 0 saturated carbocycles. The lowest BCUT2D eigenvalue weighted by Crippen LogP contribution is -2.07. The maximum absolute atomic E-state index is 10.7. The summed E-state index contributed by atoms with van der Waals surface area (Å²) >= 11 is 0. The molecule has 0 aliphatic carbocycles. The van der Waals surface area contributed by atoms with Gasteiger partial charge < -0.3 is 0 Å². The summed E-state index contributed by atoms with van der Waals surface area (Å²) in [5.41, 5.74) is 0.920. The van der Waals surface area contributed by atoms with Crippen LogP contribution in [0.25, 0.3) is 5.52 Å². The van der Waals surface area contributed by atoms with Gasteiger partial charge in [-0.15, -0.1) is 0 Å². The van der Waals surface area contributed by atoms with Crippen molar-refractivity contribution < 1.29 is 0 Å². The molecule has 1 N–H and O–H groups in total. The Hall–Kier alpha value is -1.51. The fraction of sp³-hybridized carbons (Fsp3) is 0. The van der Waals surface area contributed by atoms with E-state index in [1.165, 1.54) is 6.07 Å². The van der Waals surface area contributed by atoms with Crippen LogP contribution >= 0.6 is 0 Å². The van der Waals surface area contributed by atoms with Crippen LogP contribution in [0.15, 0.2) is 35.3 Å². The first-order valence-corrected chi connectivity index (χ1v) is 3.03. The molecular formula is C7H6N2O. The molecule has 2 rings (SSSR count). The molecule has 2 heterocycles. The monoisotopic (exact) mass is 134 g/mol. The Kier molecular flexibility index (Phi) is 0.917. The SMILES string of the molecule is O=c1ccc2cccn2[nH]1. The summed E-state index contributed by atoms with van der Waals surface area (Å²) in [6.45, 7) is 0. The lowest BCUT2D eigenvalue weighted by molar-refractivity contribution is 0.909. The molecule has 2 aromatic rings. The third-order valence-electron chi connectivity index (χ3n) is 1.42. The standard InChI is InChI=1S/C7H6N2O/c10-7-4-3-6-2-1-5-9(6)8-7/h1-5H,(H,8,10). The molecule has 0 spiro atoms. The minimum atomic E-state index is -0.0799. The Morgan fingerprint density at radius 3 is 3.10 bits per heavy atom. The van der Waals surface area contributed by atoms with Gasteiger partial charge in [0.2, 0.25) is 0 Å². The lowest BCUT2D eigenvalue weighted by atomic mass is 10.4. The Balaban J connectivity index is 2.99. The summed E-state index contributed by atoms with van der Waals surface area (Å²) in [4.78, 5) is 10.7. The maximum Gasteiger partial charge on any atom is 0.262 e. The van der Waals surface area contributed by atoms with E-state index in [4.69, 9.17) is 0 Å². The van der Waals surface area contributed by atoms with Gasteiger partial charge in [0.1, 0.15) is 0 Å². The number of rotatable bonds is 0. The van der Waals surface area contributed by atoms with Gasteiger partial charge in [-0.2, -0.15) is 0 Å². The molecule has 0 radical (unpaired) electrons. The zero-order chi connectivity index (χ0) is 6.97. The van der Waals surface area contributed by atoms with E-state index in [0.717, 1.165) is 5.52 Å². The van der Waals surface area contributed by atoms with Crippen molar-refractivity contribution >= 4 is 5.52 Å². The quantitative estimate of drug-likeness (QED) is 0.563. The molecule has 0 bridgehead atoms. The molecule has 0 aliphatic heterocycles. The second-order valence-electron chi connectivity index (χ2n) is 2.11. The molecule has 0 aliphatic rings. The molecule has 0 amide bonds. The fourth-order valence-corrected chi connectivity index (χ4v) is 0.949. The minimum absolute atomic E-state index is 0.0799. The van der Waals surface area contributed by atoms with E-state index in [0.29, 0.717) is 0 Å². The van der Waals surface area contributed by atoms with E-state index in [-0.39, 0.29) is 5.56 Å². The summed E-state index contributed by atoms with van der Waals surface area (Å²) in [7, 11) is 0. The van der Waals surface area contributed by atoms with E-state index in [9.17, 15) is 4.79 Å². The van der Waals surface area contributed by atoms with Gasteiger partial charge in [-0.25, -0.2) is 0 Å². The Morgan fingerprint density at radius 1 is 1.30 bits per heavy atom. The third kappa shape index (κ3) is 0.639. The van der Waals surface area contributed by atoms with Crippen LogP contribution in [0.5, 0.6) is 0 Å². The number of H-pyrrole nitrogens is 1. The van der Waals surface area contributed by atoms with Crippen LogP contribution in [0.4, 0.5) is 0 Å². The molecular weight excluding hydrogens is 128 g/mol. The first kappa shape index (κ1) is 5.29. The normalized spacial score (nSPS) is 10.4. The first-order valence-electron chi connectivity index (χ1n) is 3.03. The van der Waals surface area contributed by atoms with Gasteiger partial charge in [-0.1, -0.05) is 0 Å². The van der Waals surface area contributed by atoms with Crippen molar-refractivity contribution in [1.29, 1.82) is 0 Å². The first-order chi connectivity index (χ1) is 4.86. The highest BCUT2D eigenvalue weighted by molar-refractivity contribution is 5.44. The minimum Gasteiger partial charge on any atom is -0.268 e. The van der Waals surface area contributed by atoms with Crippen molar-refractivity contribution in [2.75, 3.05) is 0 Å². The summed E-state index contributed by atoms with van der Waals surface area (Å²) in [6.07, 6.45) is 1.80. The number of aromatic nitrogens is 2. The Labute approximate surface area is 56.9 Å². The molecule has 3 heteroatoms. The van der Waals surface area contributed by atoms with Crippen LogP contribution in [0, 0.1) is 0 Å². The lowest BCUT2D eigenvalue weighted by Gasteiger charge is -1.89. The topological polar surface area (TPSA) is 37.3 Å². The predicted molar refractivity (Wildman–Crippen MR) is 38.0 cm³/mol. The van der Waals surface area contributed by atoms with E-state index < -0.39 is 0 Å². The highest BCUT2D eigenvalue weighted by Gasteiger charge is 1.88. The van der Waals surface area contributed by atoms with Crippen LogP contribution in [-0.2, 0) is 0 Å². The van der Waals surface area contributed by atoms with Gasteiger partial charge in [0.25, 0.3) is 5.56 Å². The van der Waals surface area contributed by atoms with Crippen LogP contribution in [-0.4, -0.2) is 9.61 Å². The average Bonchev–Trinajstić information content (AvgIpc) is 2.33. The molecule has 0 aromatic carbocycles. The van der Waals surface area contributed by atoms with E-state index in [2.05, 4.69) is 5.10 Å². The maximum atomic E-state index is 10.7. The second kappa shape index (κ2) is 1.73. The van der Waals surface area contributed by atoms with E-state index in [1.807, 2.05) is 12.1 Å². The average molecular weight is 134 g/mol. The van der Waals surface area contributed by atoms with Crippen molar-refractivity contribution in [3.8, 4) is 0 Å². The smallest absolute Gasteiger partial charge is 0.262 e. The zero-order valence-corrected chi connectivity index (χ0v) is 5.24. The number of aromatic amines is 1. The van der Waals surface area contributed by atoms with Crippen LogP contribution in [0.2, 0.25) is 0 Å². The highest BCUT2D eigenvalue weighted by Crippen LogP contribution is 1.96. The summed E-state index contributed by atoms with van der Waals surface area (Å²) in [6, 6.07) is 7.09. The third-order valence-corrected chi connectivity index (χ3v) is 1.42. The summed E-state index contributed by atoms with van der Waals surface area (Å²) in [5.74, 6) is 0. The van der Waals surface area contributed by atoms with Gasteiger partial charge in [-0.3, -0.25) is 14.4 Å². The molecule has 0 fully saturated rings. The summed E-state index contributed by atoms with van der Waals surface area (Å²) in [5, 5.41) is 2.63. The molecule has 50 valence electrons. The van der Waals surface area contributed by atoms with Crippen molar-refractivity contribution in [3.63, 3.8) is 0 Å². The van der Waals surface area contributed by atoms with Crippen LogP contribution < -0.4 is 5.56 Å². The molecule has 10 heavy (non-hydrogen) atoms. The van der Waals surface area contributed by atoms with Gasteiger partial charge in [0.05, 0.1) is 5.52 Å². The van der Waals surface area contributed by atoms with Crippen LogP contribution in [0.1, 0.15) is 0 Å². The number of nitrogens with zero attached hydrogens (tertiary/aromatic N) is 1. The Morgan fingerprint density at radius 2 is 2.20 bits per heavy atom. The van der Waals surface area contributed by atoms with Gasteiger partial charge in [-0.05, 0) is 18.2 Å². The van der Waals surface area contributed by atoms with Crippen molar-refractivity contribution in [2.45, 2.75) is 0 Å².